The molecule has 1 aromatic rings. The van der Waals surface area contributed by atoms with Crippen molar-refractivity contribution in [2.75, 3.05) is 19.8 Å². The van der Waals surface area contributed by atoms with Crippen LogP contribution < -0.4 is 0 Å². The van der Waals surface area contributed by atoms with E-state index in [1.54, 1.807) is 6.92 Å². The van der Waals surface area contributed by atoms with Gasteiger partial charge in [0.1, 0.15) is 0 Å². The van der Waals surface area contributed by atoms with Crippen molar-refractivity contribution >= 4 is 29.5 Å². The lowest BCUT2D eigenvalue weighted by atomic mass is 9.99. The number of hydrogen-bond acceptors (Lipinski definition) is 5. The van der Waals surface area contributed by atoms with Crippen molar-refractivity contribution in [3.63, 3.8) is 0 Å². The molecule has 1 heterocycles. The third-order valence-electron chi connectivity index (χ3n) is 3.28. The van der Waals surface area contributed by atoms with E-state index in [1.165, 1.54) is 0 Å². The van der Waals surface area contributed by atoms with Gasteiger partial charge in [-0.25, -0.2) is 0 Å². The minimum atomic E-state index is -3.45. The Morgan fingerprint density at radius 1 is 1.36 bits per heavy atom. The Morgan fingerprint density at radius 2 is 1.95 bits per heavy atom. The molecule has 0 amide bonds. The highest BCUT2D eigenvalue weighted by Gasteiger charge is 2.41. The SMILES string of the molecule is C=C(C(Cc1ccc(Br)cc1)C(=O)OCC)P1(=O)OCCO1. The van der Waals surface area contributed by atoms with E-state index >= 15 is 0 Å². The standard InChI is InChI=1S/C15H18BrO5P/c1-3-19-15(17)14(10-12-4-6-13(16)7-5-12)11(2)22(18)20-8-9-21-22/h4-7,14H,2-3,8-10H2,1H3. The maximum Gasteiger partial charge on any atom is 0.357 e. The first-order valence-electron chi connectivity index (χ1n) is 6.96. The lowest BCUT2D eigenvalue weighted by Crippen LogP contribution is -2.22. The molecule has 22 heavy (non-hydrogen) atoms. The predicted octanol–water partition coefficient (Wildman–Crippen LogP) is 3.92. The summed E-state index contributed by atoms with van der Waals surface area (Å²) < 4.78 is 28.9. The zero-order chi connectivity index (χ0) is 16.2. The Hall–Kier alpha value is -0.940. The molecular formula is C15H18BrO5P. The van der Waals surface area contributed by atoms with Crippen molar-refractivity contribution in [1.82, 2.24) is 0 Å². The zero-order valence-corrected chi connectivity index (χ0v) is 14.8. The van der Waals surface area contributed by atoms with Crippen LogP contribution in [0.2, 0.25) is 0 Å². The smallest absolute Gasteiger partial charge is 0.357 e. The Bertz CT molecular complexity index is 588. The molecule has 0 saturated carbocycles. The number of benzene rings is 1. The number of esters is 1. The summed E-state index contributed by atoms with van der Waals surface area (Å²) in [6.07, 6.45) is 0.335. The summed E-state index contributed by atoms with van der Waals surface area (Å²) in [5.41, 5.74) is 0.910. The van der Waals surface area contributed by atoms with Gasteiger partial charge < -0.3 is 13.8 Å². The molecule has 120 valence electrons. The molecule has 0 aliphatic carbocycles. The Balaban J connectivity index is 2.22. The van der Waals surface area contributed by atoms with Crippen LogP contribution in [0.15, 0.2) is 40.6 Å². The summed E-state index contributed by atoms with van der Waals surface area (Å²) in [5, 5.41) is 0.159. The molecule has 0 aromatic heterocycles. The number of carbonyl (C=O) groups is 1. The quantitative estimate of drug-likeness (QED) is 0.545. The summed E-state index contributed by atoms with van der Waals surface area (Å²) >= 11 is 3.36. The van der Waals surface area contributed by atoms with E-state index in [9.17, 15) is 9.36 Å². The van der Waals surface area contributed by atoms with Crippen molar-refractivity contribution in [3.05, 3.63) is 46.2 Å². The third kappa shape index (κ3) is 4.07. The molecule has 0 spiro atoms. The largest absolute Gasteiger partial charge is 0.466 e. The van der Waals surface area contributed by atoms with Crippen LogP contribution in [0.5, 0.6) is 0 Å². The van der Waals surface area contributed by atoms with Gasteiger partial charge in [-0.2, -0.15) is 0 Å². The van der Waals surface area contributed by atoms with Gasteiger partial charge in [0, 0.05) is 9.79 Å². The van der Waals surface area contributed by atoms with E-state index in [0.29, 0.717) is 6.42 Å². The molecule has 1 fully saturated rings. The molecule has 2 rings (SSSR count). The third-order valence-corrected chi connectivity index (χ3v) is 5.87. The summed E-state index contributed by atoms with van der Waals surface area (Å²) in [4.78, 5) is 12.2. The van der Waals surface area contributed by atoms with E-state index in [0.717, 1.165) is 10.0 Å². The second-order valence-corrected chi connectivity index (χ2v) is 7.79. The summed E-state index contributed by atoms with van der Waals surface area (Å²) in [7, 11) is -3.45. The van der Waals surface area contributed by atoms with Crippen LogP contribution in [0.3, 0.4) is 0 Å². The average molecular weight is 389 g/mol. The van der Waals surface area contributed by atoms with Crippen molar-refractivity contribution < 1.29 is 23.1 Å². The minimum Gasteiger partial charge on any atom is -0.466 e. The van der Waals surface area contributed by atoms with Crippen LogP contribution in [0, 0.1) is 5.92 Å². The summed E-state index contributed by atoms with van der Waals surface area (Å²) in [5.74, 6) is -1.23. The van der Waals surface area contributed by atoms with Gasteiger partial charge in [0.05, 0.1) is 25.7 Å². The van der Waals surface area contributed by atoms with E-state index in [-0.39, 0.29) is 25.1 Å². The molecule has 1 aromatic carbocycles. The minimum absolute atomic E-state index is 0.159. The monoisotopic (exact) mass is 388 g/mol. The van der Waals surface area contributed by atoms with Crippen LogP contribution in [0.1, 0.15) is 12.5 Å². The van der Waals surface area contributed by atoms with Crippen LogP contribution in [-0.2, 0) is 29.6 Å². The lowest BCUT2D eigenvalue weighted by Gasteiger charge is -2.21. The molecule has 5 nitrogen and oxygen atoms in total. The highest BCUT2D eigenvalue weighted by atomic mass is 79.9. The van der Waals surface area contributed by atoms with Gasteiger partial charge in [-0.15, -0.1) is 0 Å². The molecule has 1 saturated heterocycles. The molecule has 7 heteroatoms. The normalized spacial score (nSPS) is 17.9. The molecule has 0 bridgehead atoms. The van der Waals surface area contributed by atoms with Gasteiger partial charge in [0.25, 0.3) is 0 Å². The van der Waals surface area contributed by atoms with Crippen LogP contribution in [0.4, 0.5) is 0 Å². The van der Waals surface area contributed by atoms with Gasteiger partial charge in [0.15, 0.2) is 0 Å². The van der Waals surface area contributed by atoms with Crippen molar-refractivity contribution in [2.45, 2.75) is 13.3 Å². The second-order valence-electron chi connectivity index (χ2n) is 4.79. The topological polar surface area (TPSA) is 61.8 Å². The average Bonchev–Trinajstić information content (AvgIpc) is 2.94. The fraction of sp³-hybridized carbons (Fsp3) is 0.400. The van der Waals surface area contributed by atoms with E-state index < -0.39 is 19.5 Å². The maximum absolute atomic E-state index is 12.5. The zero-order valence-electron chi connectivity index (χ0n) is 12.3. The molecule has 1 unspecified atom stereocenters. The maximum atomic E-state index is 12.5. The lowest BCUT2D eigenvalue weighted by molar-refractivity contribution is -0.146. The highest BCUT2D eigenvalue weighted by Crippen LogP contribution is 2.61. The highest BCUT2D eigenvalue weighted by molar-refractivity contribution is 9.10. The van der Waals surface area contributed by atoms with Gasteiger partial charge in [0.2, 0.25) is 0 Å². The molecule has 1 atom stereocenters. The van der Waals surface area contributed by atoms with Gasteiger partial charge in [-0.1, -0.05) is 34.6 Å². The van der Waals surface area contributed by atoms with Crippen molar-refractivity contribution in [3.8, 4) is 0 Å². The molecule has 0 N–H and O–H groups in total. The molecule has 1 aliphatic heterocycles. The van der Waals surface area contributed by atoms with E-state index in [1.807, 2.05) is 24.3 Å². The first kappa shape index (κ1) is 17.4. The van der Waals surface area contributed by atoms with E-state index in [4.69, 9.17) is 13.8 Å². The van der Waals surface area contributed by atoms with Crippen LogP contribution in [-0.4, -0.2) is 25.8 Å². The molecule has 1 aliphatic rings. The fourth-order valence-corrected chi connectivity index (χ4v) is 4.02. The molecular weight excluding hydrogens is 371 g/mol. The van der Waals surface area contributed by atoms with Crippen molar-refractivity contribution in [2.24, 2.45) is 5.92 Å². The van der Waals surface area contributed by atoms with Gasteiger partial charge >= 0.3 is 13.6 Å². The number of hydrogen-bond donors (Lipinski definition) is 0. The molecule has 0 radical (unpaired) electrons. The fourth-order valence-electron chi connectivity index (χ4n) is 2.15. The van der Waals surface area contributed by atoms with Crippen molar-refractivity contribution in [1.29, 1.82) is 0 Å². The van der Waals surface area contributed by atoms with E-state index in [2.05, 4.69) is 22.5 Å². The Kier molecular flexibility index (Phi) is 5.98. The first-order chi connectivity index (χ1) is 10.5. The summed E-state index contributed by atoms with van der Waals surface area (Å²) in [6.45, 7) is 6.25. The Morgan fingerprint density at radius 3 is 2.50 bits per heavy atom. The number of halogens is 1. The van der Waals surface area contributed by atoms with Crippen LogP contribution >= 0.6 is 23.5 Å². The first-order valence-corrected chi connectivity index (χ1v) is 9.29. The number of carbonyl (C=O) groups excluding carboxylic acids is 1. The van der Waals surface area contributed by atoms with Gasteiger partial charge in [-0.05, 0) is 31.0 Å². The Labute approximate surface area is 138 Å². The second kappa shape index (κ2) is 7.55. The van der Waals surface area contributed by atoms with Crippen LogP contribution in [0.25, 0.3) is 0 Å². The van der Waals surface area contributed by atoms with Gasteiger partial charge in [-0.3, -0.25) is 9.36 Å². The predicted molar refractivity (Wildman–Crippen MR) is 86.6 cm³/mol. The number of ether oxygens (including phenoxy) is 1. The summed E-state index contributed by atoms with van der Waals surface area (Å²) in [6, 6.07) is 7.53. The number of rotatable bonds is 6.